The van der Waals surface area contributed by atoms with E-state index in [1.807, 2.05) is 48.7 Å². The third-order valence-electron chi connectivity index (χ3n) is 8.48. The first-order valence-corrected chi connectivity index (χ1v) is 17.4. The fourth-order valence-corrected chi connectivity index (χ4v) is 5.75. The number of rotatable bonds is 18. The summed E-state index contributed by atoms with van der Waals surface area (Å²) in [4.78, 5) is 22.5. The molecule has 252 valence electrons. The minimum Gasteiger partial charge on any atom is -0.484 e. The second-order valence-corrected chi connectivity index (χ2v) is 12.5. The van der Waals surface area contributed by atoms with Crippen LogP contribution in [0.1, 0.15) is 94.5 Å². The zero-order valence-electron chi connectivity index (χ0n) is 28.5. The number of hydrogen-bond acceptors (Lipinski definition) is 7. The van der Waals surface area contributed by atoms with Gasteiger partial charge in [-0.25, -0.2) is 9.67 Å². The molecule has 0 bridgehead atoms. The van der Waals surface area contributed by atoms with Gasteiger partial charge >= 0.3 is 0 Å². The summed E-state index contributed by atoms with van der Waals surface area (Å²) in [6.07, 6.45) is 13.5. The zero-order chi connectivity index (χ0) is 34.3. The Kier molecular flexibility index (Phi) is 13.0. The number of nitriles is 1. The molecule has 0 fully saturated rings. The van der Waals surface area contributed by atoms with Crippen LogP contribution < -0.4 is 10.1 Å². The summed E-state index contributed by atoms with van der Waals surface area (Å²) in [7, 11) is 0. The second-order valence-electron chi connectivity index (χ2n) is 12.5. The summed E-state index contributed by atoms with van der Waals surface area (Å²) in [5.41, 5.74) is 5.21. The molecule has 49 heavy (non-hydrogen) atoms. The van der Waals surface area contributed by atoms with Crippen molar-refractivity contribution in [2.75, 3.05) is 11.9 Å². The Hall–Kier alpha value is -5.36. The molecular weight excluding hydrogens is 610 g/mol. The van der Waals surface area contributed by atoms with Crippen molar-refractivity contribution < 1.29 is 9.53 Å². The van der Waals surface area contributed by atoms with Crippen LogP contribution in [0.15, 0.2) is 91.1 Å². The summed E-state index contributed by atoms with van der Waals surface area (Å²) >= 11 is 0. The van der Waals surface area contributed by atoms with Crippen LogP contribution >= 0.6 is 0 Å². The van der Waals surface area contributed by atoms with Gasteiger partial charge in [-0.2, -0.15) is 5.26 Å². The van der Waals surface area contributed by atoms with Crippen molar-refractivity contribution in [3.8, 4) is 34.3 Å². The summed E-state index contributed by atoms with van der Waals surface area (Å²) in [6.45, 7) is 4.83. The first-order chi connectivity index (χ1) is 24.0. The van der Waals surface area contributed by atoms with Gasteiger partial charge in [-0.1, -0.05) is 107 Å². The predicted octanol–water partition coefficient (Wildman–Crippen LogP) is 8.97. The molecule has 0 spiro atoms. The van der Waals surface area contributed by atoms with Crippen LogP contribution in [0.2, 0.25) is 0 Å². The highest BCUT2D eigenvalue weighted by molar-refractivity contribution is 5.92. The molecule has 0 saturated carbocycles. The highest BCUT2D eigenvalue weighted by Crippen LogP contribution is 2.28. The number of ether oxygens (including phenoxy) is 1. The summed E-state index contributed by atoms with van der Waals surface area (Å²) in [6, 6.07) is 28.4. The van der Waals surface area contributed by atoms with E-state index in [0.29, 0.717) is 41.0 Å². The van der Waals surface area contributed by atoms with Crippen LogP contribution in [-0.2, 0) is 11.3 Å². The first kappa shape index (κ1) is 35.0. The third kappa shape index (κ3) is 10.8. The maximum absolute atomic E-state index is 12.8. The summed E-state index contributed by atoms with van der Waals surface area (Å²) in [5.74, 6) is 0.984. The minimum absolute atomic E-state index is 0.171. The van der Waals surface area contributed by atoms with Crippen molar-refractivity contribution in [1.82, 2.24) is 25.0 Å². The third-order valence-corrected chi connectivity index (χ3v) is 8.48. The molecule has 0 saturated heterocycles. The number of anilines is 1. The van der Waals surface area contributed by atoms with Crippen LogP contribution in [0.25, 0.3) is 22.5 Å². The Labute approximate surface area is 289 Å². The average molecular weight is 656 g/mol. The second kappa shape index (κ2) is 18.3. The standard InChI is InChI=1S/C40H45N7O2/c1-3-4-5-6-7-8-9-11-16-30(2)36-22-15-19-34(42-36)27-47-28-38(45-46-47)33-24-37(32-18-14-17-31(23-32)26-41)43-39(25-33)44-40(48)29-49-35-20-12-10-13-21-35/h10,12-15,17-25,28,30H,3-9,11,16,27,29H2,1-2H3,(H,43,44,48). The number of carbonyl (C=O) groups is 1. The normalized spacial score (nSPS) is 11.5. The number of unbranched alkanes of at least 4 members (excludes halogenated alkanes) is 7. The van der Waals surface area contributed by atoms with Crippen LogP contribution in [0.3, 0.4) is 0 Å². The lowest BCUT2D eigenvalue weighted by Gasteiger charge is -2.12. The fourth-order valence-electron chi connectivity index (χ4n) is 5.75. The lowest BCUT2D eigenvalue weighted by Crippen LogP contribution is -2.21. The van der Waals surface area contributed by atoms with E-state index in [9.17, 15) is 10.1 Å². The molecule has 1 atom stereocenters. The minimum atomic E-state index is -0.350. The van der Waals surface area contributed by atoms with Crippen molar-refractivity contribution in [2.24, 2.45) is 0 Å². The molecule has 9 heteroatoms. The summed E-state index contributed by atoms with van der Waals surface area (Å²) in [5, 5.41) is 21.2. The van der Waals surface area contributed by atoms with Crippen molar-refractivity contribution in [1.29, 1.82) is 5.26 Å². The number of benzene rings is 2. The molecular formula is C40H45N7O2. The molecule has 0 radical (unpaired) electrons. The molecule has 5 aromatic rings. The van der Waals surface area contributed by atoms with E-state index in [-0.39, 0.29) is 12.5 Å². The Balaban J connectivity index is 1.26. The monoisotopic (exact) mass is 655 g/mol. The molecule has 3 heterocycles. The number of nitrogens with zero attached hydrogens (tertiary/aromatic N) is 6. The molecule has 0 aliphatic carbocycles. The van der Waals surface area contributed by atoms with E-state index in [0.717, 1.165) is 28.9 Å². The van der Waals surface area contributed by atoms with Crippen LogP contribution in [0.5, 0.6) is 5.75 Å². The number of aromatic nitrogens is 5. The highest BCUT2D eigenvalue weighted by Gasteiger charge is 2.14. The van der Waals surface area contributed by atoms with Gasteiger partial charge in [0.15, 0.2) is 6.61 Å². The van der Waals surface area contributed by atoms with Gasteiger partial charge in [0, 0.05) is 16.8 Å². The van der Waals surface area contributed by atoms with Crippen LogP contribution in [-0.4, -0.2) is 37.5 Å². The van der Waals surface area contributed by atoms with E-state index in [2.05, 4.69) is 52.7 Å². The van der Waals surface area contributed by atoms with Gasteiger partial charge in [-0.3, -0.25) is 9.78 Å². The van der Waals surface area contributed by atoms with Gasteiger partial charge in [-0.15, -0.1) is 5.10 Å². The molecule has 9 nitrogen and oxygen atoms in total. The van der Waals surface area contributed by atoms with Gasteiger partial charge in [0.2, 0.25) is 0 Å². The number of carbonyl (C=O) groups excluding carboxylic acids is 1. The first-order valence-electron chi connectivity index (χ1n) is 17.4. The molecule has 1 amide bonds. The van der Waals surface area contributed by atoms with E-state index in [1.54, 1.807) is 35.0 Å². The summed E-state index contributed by atoms with van der Waals surface area (Å²) < 4.78 is 7.39. The molecule has 1 N–H and O–H groups in total. The number of amides is 1. The molecule has 1 unspecified atom stereocenters. The van der Waals surface area contributed by atoms with Gasteiger partial charge in [0.1, 0.15) is 17.3 Å². The van der Waals surface area contributed by atoms with E-state index >= 15 is 0 Å². The Morgan fingerprint density at radius 3 is 2.43 bits per heavy atom. The van der Waals surface area contributed by atoms with Gasteiger partial charge < -0.3 is 10.1 Å². The zero-order valence-corrected chi connectivity index (χ0v) is 28.5. The number of nitrogens with one attached hydrogen (secondary N) is 1. The van der Waals surface area contributed by atoms with Gasteiger partial charge in [0.05, 0.1) is 35.8 Å². The SMILES string of the molecule is CCCCCCCCCCC(C)c1cccc(Cn2cc(-c3cc(NC(=O)COc4ccccc4)nc(-c4cccc(C#N)c4)c3)nn2)n1. The Morgan fingerprint density at radius 2 is 1.63 bits per heavy atom. The van der Waals surface area contributed by atoms with E-state index in [1.165, 1.54) is 51.4 Å². The van der Waals surface area contributed by atoms with E-state index in [4.69, 9.17) is 9.72 Å². The molecule has 2 aromatic carbocycles. The number of hydrogen-bond donors (Lipinski definition) is 1. The van der Waals surface area contributed by atoms with E-state index < -0.39 is 0 Å². The molecule has 0 aliphatic rings. The average Bonchev–Trinajstić information content (AvgIpc) is 3.60. The smallest absolute Gasteiger partial charge is 0.263 e. The largest absolute Gasteiger partial charge is 0.484 e. The topological polar surface area (TPSA) is 119 Å². The quantitative estimate of drug-likeness (QED) is 0.0936. The van der Waals surface area contributed by atoms with Crippen molar-refractivity contribution >= 4 is 11.7 Å². The lowest BCUT2D eigenvalue weighted by atomic mass is 9.98. The molecule has 3 aromatic heterocycles. The molecule has 5 rings (SSSR count). The highest BCUT2D eigenvalue weighted by atomic mass is 16.5. The fraction of sp³-hybridized carbons (Fsp3) is 0.350. The van der Waals surface area contributed by atoms with Gasteiger partial charge in [0.25, 0.3) is 5.91 Å². The molecule has 0 aliphatic heterocycles. The maximum Gasteiger partial charge on any atom is 0.263 e. The van der Waals surface area contributed by atoms with Crippen molar-refractivity contribution in [3.05, 3.63) is 108 Å². The van der Waals surface area contributed by atoms with Crippen molar-refractivity contribution in [3.63, 3.8) is 0 Å². The Bertz CT molecular complexity index is 1830. The van der Waals surface area contributed by atoms with Crippen LogP contribution in [0, 0.1) is 11.3 Å². The predicted molar refractivity (Wildman–Crippen MR) is 193 cm³/mol. The van der Waals surface area contributed by atoms with Crippen molar-refractivity contribution in [2.45, 2.75) is 84.1 Å². The Morgan fingerprint density at radius 1 is 0.857 bits per heavy atom. The van der Waals surface area contributed by atoms with Gasteiger partial charge in [-0.05, 0) is 60.9 Å². The van der Waals surface area contributed by atoms with Crippen LogP contribution in [0.4, 0.5) is 5.82 Å². The number of para-hydroxylation sites is 1. The lowest BCUT2D eigenvalue weighted by molar-refractivity contribution is -0.118. The maximum atomic E-state index is 12.8. The number of pyridine rings is 2.